The van der Waals surface area contributed by atoms with Gasteiger partial charge in [0.1, 0.15) is 5.82 Å². The zero-order valence-electron chi connectivity index (χ0n) is 7.64. The number of benzene rings is 1. The van der Waals surface area contributed by atoms with Crippen molar-refractivity contribution in [2.24, 2.45) is 0 Å². The highest BCUT2D eigenvalue weighted by Crippen LogP contribution is 2.27. The zero-order chi connectivity index (χ0) is 9.97. The second kappa shape index (κ2) is 3.38. The molecular formula is C11H11N3. The molecule has 1 heterocycles. The van der Waals surface area contributed by atoms with Crippen LogP contribution >= 0.6 is 0 Å². The number of hydrogen-bond acceptors (Lipinski definition) is 3. The van der Waals surface area contributed by atoms with Crippen molar-refractivity contribution in [3.05, 3.63) is 42.6 Å². The fourth-order valence-electron chi connectivity index (χ4n) is 1.36. The van der Waals surface area contributed by atoms with Gasteiger partial charge in [-0.25, -0.2) is 4.98 Å². The van der Waals surface area contributed by atoms with Gasteiger partial charge in [0.05, 0.1) is 5.69 Å². The van der Waals surface area contributed by atoms with Gasteiger partial charge < -0.3 is 11.5 Å². The van der Waals surface area contributed by atoms with Gasteiger partial charge in [0.15, 0.2) is 0 Å². The van der Waals surface area contributed by atoms with Crippen molar-refractivity contribution in [2.75, 3.05) is 11.5 Å². The largest absolute Gasteiger partial charge is 0.395 e. The summed E-state index contributed by atoms with van der Waals surface area (Å²) in [7, 11) is 0. The molecule has 0 radical (unpaired) electrons. The van der Waals surface area contributed by atoms with E-state index in [-0.39, 0.29) is 0 Å². The molecule has 0 saturated carbocycles. The average Bonchev–Trinajstić information content (AvgIpc) is 2.23. The van der Waals surface area contributed by atoms with Crippen LogP contribution in [0, 0.1) is 0 Å². The summed E-state index contributed by atoms with van der Waals surface area (Å²) in [6.45, 7) is 0. The third kappa shape index (κ3) is 1.40. The lowest BCUT2D eigenvalue weighted by atomic mass is 10.1. The van der Waals surface area contributed by atoms with Gasteiger partial charge in [-0.2, -0.15) is 0 Å². The molecule has 2 aromatic rings. The molecule has 0 atom stereocenters. The molecule has 0 unspecified atom stereocenters. The van der Waals surface area contributed by atoms with Crippen molar-refractivity contribution in [1.82, 2.24) is 4.98 Å². The zero-order valence-corrected chi connectivity index (χ0v) is 7.64. The number of nitrogens with zero attached hydrogens (tertiary/aromatic N) is 1. The molecule has 3 heteroatoms. The van der Waals surface area contributed by atoms with E-state index in [0.717, 1.165) is 11.1 Å². The summed E-state index contributed by atoms with van der Waals surface area (Å²) in [5, 5.41) is 0. The molecule has 0 aliphatic rings. The number of nitrogens with two attached hydrogens (primary N) is 2. The van der Waals surface area contributed by atoms with E-state index in [0.29, 0.717) is 11.5 Å². The Balaban J connectivity index is 2.58. The molecule has 0 saturated heterocycles. The van der Waals surface area contributed by atoms with E-state index in [4.69, 9.17) is 11.5 Å². The molecule has 2 rings (SSSR count). The summed E-state index contributed by atoms with van der Waals surface area (Å²) < 4.78 is 0. The summed E-state index contributed by atoms with van der Waals surface area (Å²) in [5.41, 5.74) is 14.0. The van der Waals surface area contributed by atoms with Crippen LogP contribution in [-0.4, -0.2) is 4.98 Å². The van der Waals surface area contributed by atoms with Gasteiger partial charge in [-0.05, 0) is 11.6 Å². The van der Waals surface area contributed by atoms with Crippen LogP contribution in [0.1, 0.15) is 0 Å². The fraction of sp³-hybridized carbons (Fsp3) is 0. The molecule has 0 aliphatic carbocycles. The molecule has 14 heavy (non-hydrogen) atoms. The Morgan fingerprint density at radius 2 is 1.64 bits per heavy atom. The molecule has 4 N–H and O–H groups in total. The van der Waals surface area contributed by atoms with Gasteiger partial charge in [-0.1, -0.05) is 30.3 Å². The molecule has 0 amide bonds. The second-order valence-electron chi connectivity index (χ2n) is 3.02. The molecule has 0 spiro atoms. The van der Waals surface area contributed by atoms with Crippen molar-refractivity contribution in [2.45, 2.75) is 0 Å². The quantitative estimate of drug-likeness (QED) is 0.713. The van der Waals surface area contributed by atoms with Crippen molar-refractivity contribution in [3.63, 3.8) is 0 Å². The van der Waals surface area contributed by atoms with Crippen LogP contribution in [0.25, 0.3) is 11.1 Å². The molecule has 1 aromatic carbocycles. The van der Waals surface area contributed by atoms with Gasteiger partial charge in [0.2, 0.25) is 0 Å². The Bertz CT molecular complexity index is 438. The van der Waals surface area contributed by atoms with E-state index in [1.54, 1.807) is 6.20 Å². The summed E-state index contributed by atoms with van der Waals surface area (Å²) in [4.78, 5) is 3.92. The maximum atomic E-state index is 5.83. The first-order valence-corrected chi connectivity index (χ1v) is 4.34. The van der Waals surface area contributed by atoms with Crippen molar-refractivity contribution in [3.8, 4) is 11.1 Å². The van der Waals surface area contributed by atoms with E-state index in [2.05, 4.69) is 4.98 Å². The summed E-state index contributed by atoms with van der Waals surface area (Å²) >= 11 is 0. The third-order valence-electron chi connectivity index (χ3n) is 2.11. The van der Waals surface area contributed by atoms with Gasteiger partial charge in [-0.3, -0.25) is 0 Å². The van der Waals surface area contributed by atoms with Crippen LogP contribution in [0.2, 0.25) is 0 Å². The predicted molar refractivity (Wildman–Crippen MR) is 58.5 cm³/mol. The van der Waals surface area contributed by atoms with Gasteiger partial charge in [-0.15, -0.1) is 0 Å². The smallest absolute Gasteiger partial charge is 0.147 e. The fourth-order valence-corrected chi connectivity index (χ4v) is 1.36. The standard InChI is InChI=1S/C11H11N3/c12-10-9(6-7-14-11(10)13)8-4-2-1-3-5-8/h1-7H,12H2,(H2,13,14). The number of nitrogen functional groups attached to an aromatic ring is 2. The lowest BCUT2D eigenvalue weighted by molar-refractivity contribution is 1.34. The van der Waals surface area contributed by atoms with E-state index >= 15 is 0 Å². The summed E-state index contributed by atoms with van der Waals surface area (Å²) in [6.07, 6.45) is 1.66. The Hall–Kier alpha value is -2.03. The third-order valence-corrected chi connectivity index (χ3v) is 2.11. The molecule has 3 nitrogen and oxygen atoms in total. The monoisotopic (exact) mass is 185 g/mol. The molecule has 0 aliphatic heterocycles. The van der Waals surface area contributed by atoms with Crippen LogP contribution in [0.15, 0.2) is 42.6 Å². The van der Waals surface area contributed by atoms with Crippen LogP contribution < -0.4 is 11.5 Å². The lowest BCUT2D eigenvalue weighted by Gasteiger charge is -2.06. The highest BCUT2D eigenvalue weighted by molar-refractivity contribution is 5.82. The van der Waals surface area contributed by atoms with Crippen molar-refractivity contribution in [1.29, 1.82) is 0 Å². The van der Waals surface area contributed by atoms with Crippen LogP contribution in [0.4, 0.5) is 11.5 Å². The highest BCUT2D eigenvalue weighted by Gasteiger charge is 2.04. The number of hydrogen-bond donors (Lipinski definition) is 2. The first kappa shape index (κ1) is 8.56. The topological polar surface area (TPSA) is 64.9 Å². The minimum Gasteiger partial charge on any atom is -0.395 e. The lowest BCUT2D eigenvalue weighted by Crippen LogP contribution is -1.99. The first-order valence-electron chi connectivity index (χ1n) is 4.34. The molecule has 70 valence electrons. The predicted octanol–water partition coefficient (Wildman–Crippen LogP) is 1.91. The van der Waals surface area contributed by atoms with Gasteiger partial charge >= 0.3 is 0 Å². The number of rotatable bonds is 1. The summed E-state index contributed by atoms with van der Waals surface area (Å²) in [5.74, 6) is 0.381. The summed E-state index contributed by atoms with van der Waals surface area (Å²) in [6, 6.07) is 11.7. The second-order valence-corrected chi connectivity index (χ2v) is 3.02. The van der Waals surface area contributed by atoms with Crippen LogP contribution in [0.3, 0.4) is 0 Å². The van der Waals surface area contributed by atoms with E-state index in [9.17, 15) is 0 Å². The minimum absolute atomic E-state index is 0.381. The molecule has 0 bridgehead atoms. The first-order chi connectivity index (χ1) is 6.79. The number of pyridine rings is 1. The molecular weight excluding hydrogens is 174 g/mol. The van der Waals surface area contributed by atoms with E-state index in [1.807, 2.05) is 36.4 Å². The number of anilines is 2. The van der Waals surface area contributed by atoms with Crippen molar-refractivity contribution >= 4 is 11.5 Å². The average molecular weight is 185 g/mol. The van der Waals surface area contributed by atoms with E-state index in [1.165, 1.54) is 0 Å². The Morgan fingerprint density at radius 3 is 2.36 bits per heavy atom. The Labute approximate surface area is 82.4 Å². The van der Waals surface area contributed by atoms with E-state index < -0.39 is 0 Å². The van der Waals surface area contributed by atoms with Crippen molar-refractivity contribution < 1.29 is 0 Å². The normalized spacial score (nSPS) is 10.0. The Kier molecular flexibility index (Phi) is 2.07. The van der Waals surface area contributed by atoms with Gasteiger partial charge in [0, 0.05) is 11.8 Å². The van der Waals surface area contributed by atoms with Crippen LogP contribution in [-0.2, 0) is 0 Å². The minimum atomic E-state index is 0.381. The van der Waals surface area contributed by atoms with Gasteiger partial charge in [0.25, 0.3) is 0 Å². The molecule has 0 fully saturated rings. The number of aromatic nitrogens is 1. The maximum absolute atomic E-state index is 5.83. The molecule has 1 aromatic heterocycles. The highest BCUT2D eigenvalue weighted by atomic mass is 14.9. The Morgan fingerprint density at radius 1 is 0.929 bits per heavy atom. The SMILES string of the molecule is Nc1nccc(-c2ccccc2)c1N. The maximum Gasteiger partial charge on any atom is 0.147 e. The van der Waals surface area contributed by atoms with Crippen LogP contribution in [0.5, 0.6) is 0 Å².